The fourth-order valence-electron chi connectivity index (χ4n) is 1.64. The number of para-hydroxylation sites is 1. The topological polar surface area (TPSA) is 70.5 Å². The summed E-state index contributed by atoms with van der Waals surface area (Å²) in [6.45, 7) is 3.90. The molecule has 1 heterocycles. The SMILES string of the molecule is COc1cccc(-c2cc(N)no2)c1OC(C)C. The highest BCUT2D eigenvalue weighted by molar-refractivity contribution is 5.71. The maximum atomic E-state index is 5.78. The van der Waals surface area contributed by atoms with Crippen LogP contribution in [0.25, 0.3) is 11.3 Å². The molecule has 0 unspecified atom stereocenters. The lowest BCUT2D eigenvalue weighted by molar-refractivity contribution is 0.230. The van der Waals surface area contributed by atoms with Crippen molar-refractivity contribution in [3.63, 3.8) is 0 Å². The highest BCUT2D eigenvalue weighted by atomic mass is 16.5. The first-order chi connectivity index (χ1) is 8.61. The Kier molecular flexibility index (Phi) is 3.41. The van der Waals surface area contributed by atoms with E-state index in [9.17, 15) is 0 Å². The first-order valence-corrected chi connectivity index (χ1v) is 5.68. The zero-order valence-corrected chi connectivity index (χ0v) is 10.6. The monoisotopic (exact) mass is 248 g/mol. The summed E-state index contributed by atoms with van der Waals surface area (Å²) in [5.74, 6) is 2.17. The third-order valence-corrected chi connectivity index (χ3v) is 2.35. The lowest BCUT2D eigenvalue weighted by Gasteiger charge is -2.15. The molecule has 0 amide bonds. The molecule has 0 aliphatic rings. The third-order valence-electron chi connectivity index (χ3n) is 2.35. The van der Waals surface area contributed by atoms with Crippen LogP contribution < -0.4 is 15.2 Å². The van der Waals surface area contributed by atoms with E-state index in [1.165, 1.54) is 0 Å². The quantitative estimate of drug-likeness (QED) is 0.900. The Hall–Kier alpha value is -2.17. The van der Waals surface area contributed by atoms with Gasteiger partial charge in [0.1, 0.15) is 0 Å². The molecule has 96 valence electrons. The highest BCUT2D eigenvalue weighted by Crippen LogP contribution is 2.39. The number of methoxy groups -OCH3 is 1. The highest BCUT2D eigenvalue weighted by Gasteiger charge is 2.16. The first kappa shape index (κ1) is 12.3. The van der Waals surface area contributed by atoms with Crippen LogP contribution in [0.15, 0.2) is 28.8 Å². The number of aromatic nitrogens is 1. The molecule has 18 heavy (non-hydrogen) atoms. The smallest absolute Gasteiger partial charge is 0.172 e. The van der Waals surface area contributed by atoms with Crippen molar-refractivity contribution in [2.45, 2.75) is 20.0 Å². The van der Waals surface area contributed by atoms with Crippen molar-refractivity contribution in [1.82, 2.24) is 5.16 Å². The number of hydrogen-bond donors (Lipinski definition) is 1. The molecule has 0 aliphatic carbocycles. The van der Waals surface area contributed by atoms with Gasteiger partial charge in [0.25, 0.3) is 0 Å². The van der Waals surface area contributed by atoms with Gasteiger partial charge in [-0.2, -0.15) is 0 Å². The van der Waals surface area contributed by atoms with E-state index in [-0.39, 0.29) is 6.10 Å². The molecule has 0 saturated heterocycles. The van der Waals surface area contributed by atoms with E-state index >= 15 is 0 Å². The molecule has 0 saturated carbocycles. The van der Waals surface area contributed by atoms with Crippen LogP contribution in [-0.4, -0.2) is 18.4 Å². The van der Waals surface area contributed by atoms with Crippen LogP contribution in [0.5, 0.6) is 11.5 Å². The van der Waals surface area contributed by atoms with Gasteiger partial charge in [0.15, 0.2) is 23.1 Å². The molecule has 0 spiro atoms. The molecule has 0 atom stereocenters. The van der Waals surface area contributed by atoms with Gasteiger partial charge in [-0.05, 0) is 26.0 Å². The van der Waals surface area contributed by atoms with E-state index < -0.39 is 0 Å². The van der Waals surface area contributed by atoms with Crippen LogP contribution in [0.2, 0.25) is 0 Å². The summed E-state index contributed by atoms with van der Waals surface area (Å²) < 4.78 is 16.2. The first-order valence-electron chi connectivity index (χ1n) is 5.68. The van der Waals surface area contributed by atoms with Gasteiger partial charge in [-0.25, -0.2) is 0 Å². The molecule has 0 aliphatic heterocycles. The van der Waals surface area contributed by atoms with Crippen LogP contribution in [0.4, 0.5) is 5.82 Å². The molecule has 0 radical (unpaired) electrons. The second-order valence-electron chi connectivity index (χ2n) is 4.12. The second-order valence-corrected chi connectivity index (χ2v) is 4.12. The molecule has 2 rings (SSSR count). The zero-order chi connectivity index (χ0) is 13.1. The van der Waals surface area contributed by atoms with E-state index in [1.807, 2.05) is 32.0 Å². The molecule has 0 bridgehead atoms. The van der Waals surface area contributed by atoms with Gasteiger partial charge in [0, 0.05) is 6.07 Å². The van der Waals surface area contributed by atoms with Gasteiger partial charge in [-0.15, -0.1) is 0 Å². The number of benzene rings is 1. The number of rotatable bonds is 4. The summed E-state index contributed by atoms with van der Waals surface area (Å²) in [5.41, 5.74) is 6.33. The predicted molar refractivity (Wildman–Crippen MR) is 68.7 cm³/mol. The van der Waals surface area contributed by atoms with Gasteiger partial charge < -0.3 is 19.7 Å². The van der Waals surface area contributed by atoms with E-state index in [2.05, 4.69) is 5.16 Å². The number of ether oxygens (including phenoxy) is 2. The van der Waals surface area contributed by atoms with E-state index in [0.29, 0.717) is 23.1 Å². The van der Waals surface area contributed by atoms with Crippen LogP contribution >= 0.6 is 0 Å². The number of nitrogens with zero attached hydrogens (tertiary/aromatic N) is 1. The number of nitrogens with two attached hydrogens (primary N) is 1. The number of anilines is 1. The van der Waals surface area contributed by atoms with Crippen molar-refractivity contribution in [3.05, 3.63) is 24.3 Å². The van der Waals surface area contributed by atoms with Crippen molar-refractivity contribution >= 4 is 5.82 Å². The van der Waals surface area contributed by atoms with Crippen LogP contribution in [0, 0.1) is 0 Å². The minimum atomic E-state index is 0.0281. The fourth-order valence-corrected chi connectivity index (χ4v) is 1.64. The van der Waals surface area contributed by atoms with Crippen molar-refractivity contribution < 1.29 is 14.0 Å². The van der Waals surface area contributed by atoms with E-state index in [1.54, 1.807) is 13.2 Å². The van der Waals surface area contributed by atoms with Crippen LogP contribution in [-0.2, 0) is 0 Å². The summed E-state index contributed by atoms with van der Waals surface area (Å²) in [6.07, 6.45) is 0.0281. The van der Waals surface area contributed by atoms with Gasteiger partial charge in [0.05, 0.1) is 18.8 Å². The van der Waals surface area contributed by atoms with Crippen LogP contribution in [0.3, 0.4) is 0 Å². The summed E-state index contributed by atoms with van der Waals surface area (Å²) in [4.78, 5) is 0. The lowest BCUT2D eigenvalue weighted by atomic mass is 10.1. The molecule has 0 fully saturated rings. The Morgan fingerprint density at radius 1 is 1.33 bits per heavy atom. The van der Waals surface area contributed by atoms with Crippen molar-refractivity contribution in [2.75, 3.05) is 12.8 Å². The Labute approximate surface area is 105 Å². The molecular formula is C13H16N2O3. The summed E-state index contributed by atoms with van der Waals surface area (Å²) in [6, 6.07) is 7.23. The molecule has 1 aromatic carbocycles. The average Bonchev–Trinajstić information content (AvgIpc) is 2.75. The van der Waals surface area contributed by atoms with Gasteiger partial charge in [-0.3, -0.25) is 0 Å². The van der Waals surface area contributed by atoms with Gasteiger partial charge in [0.2, 0.25) is 0 Å². The van der Waals surface area contributed by atoms with Gasteiger partial charge >= 0.3 is 0 Å². The Bertz CT molecular complexity index is 535. The third kappa shape index (κ3) is 2.40. The van der Waals surface area contributed by atoms with Gasteiger partial charge in [-0.1, -0.05) is 11.2 Å². The standard InChI is InChI=1S/C13H16N2O3/c1-8(2)17-13-9(5-4-6-10(13)16-3)11-7-12(14)15-18-11/h4-8H,1-3H3,(H2,14,15). The Balaban J connectivity index is 2.51. The molecule has 1 aromatic heterocycles. The summed E-state index contributed by atoms with van der Waals surface area (Å²) in [7, 11) is 1.60. The van der Waals surface area contributed by atoms with Crippen molar-refractivity contribution in [1.29, 1.82) is 0 Å². The molecule has 5 nitrogen and oxygen atoms in total. The maximum absolute atomic E-state index is 5.78. The minimum absolute atomic E-state index is 0.0281. The Morgan fingerprint density at radius 2 is 2.11 bits per heavy atom. The maximum Gasteiger partial charge on any atom is 0.172 e. The fraction of sp³-hybridized carbons (Fsp3) is 0.308. The molecule has 2 aromatic rings. The minimum Gasteiger partial charge on any atom is -0.493 e. The summed E-state index contributed by atoms with van der Waals surface area (Å²) >= 11 is 0. The molecule has 2 N–H and O–H groups in total. The lowest BCUT2D eigenvalue weighted by Crippen LogP contribution is -2.07. The van der Waals surface area contributed by atoms with Crippen molar-refractivity contribution in [2.24, 2.45) is 0 Å². The second kappa shape index (κ2) is 5.00. The number of hydrogen-bond acceptors (Lipinski definition) is 5. The van der Waals surface area contributed by atoms with Crippen molar-refractivity contribution in [3.8, 4) is 22.8 Å². The van der Waals surface area contributed by atoms with E-state index in [0.717, 1.165) is 5.56 Å². The number of nitrogen functional groups attached to an aromatic ring is 1. The largest absolute Gasteiger partial charge is 0.493 e. The normalized spacial score (nSPS) is 10.7. The van der Waals surface area contributed by atoms with Crippen LogP contribution in [0.1, 0.15) is 13.8 Å². The summed E-state index contributed by atoms with van der Waals surface area (Å²) in [5, 5.41) is 3.68. The molecular weight excluding hydrogens is 232 g/mol. The predicted octanol–water partition coefficient (Wildman–Crippen LogP) is 2.72. The Morgan fingerprint density at radius 3 is 2.67 bits per heavy atom. The average molecular weight is 248 g/mol. The van der Waals surface area contributed by atoms with E-state index in [4.69, 9.17) is 19.7 Å². The zero-order valence-electron chi connectivity index (χ0n) is 10.6. The molecule has 5 heteroatoms.